The molecule has 0 atom stereocenters. The third-order valence-corrected chi connectivity index (χ3v) is 9.46. The van der Waals surface area contributed by atoms with E-state index in [1.165, 1.54) is 22.3 Å². The number of nitrogens with zero attached hydrogens (tertiary/aromatic N) is 2. The average molecular weight is 767 g/mol. The molecule has 294 valence electrons. The van der Waals surface area contributed by atoms with Crippen LogP contribution in [0.5, 0.6) is 0 Å². The highest BCUT2D eigenvalue weighted by molar-refractivity contribution is 6.08. The number of anilines is 2. The molecule has 0 aliphatic rings. The highest BCUT2D eigenvalue weighted by Crippen LogP contribution is 2.22. The van der Waals surface area contributed by atoms with Crippen LogP contribution in [-0.2, 0) is 24.3 Å². The number of aromatic nitrogens is 2. The molecule has 5 rings (SSSR count). The highest BCUT2D eigenvalue weighted by Gasteiger charge is 2.17. The number of carbonyl (C=O) groups excluding carboxylic acids is 4. The topological polar surface area (TPSA) is 124 Å². The quantitative estimate of drug-likeness (QED) is 0.0463. The lowest BCUT2D eigenvalue weighted by atomic mass is 9.97. The van der Waals surface area contributed by atoms with E-state index in [9.17, 15) is 19.2 Å². The molecule has 2 aromatic heterocycles. The number of hydrogen-bond acceptors (Lipinski definition) is 4. The Kier molecular flexibility index (Phi) is 14.6. The van der Waals surface area contributed by atoms with Gasteiger partial charge in [-0.3, -0.25) is 19.2 Å². The van der Waals surface area contributed by atoms with Gasteiger partial charge in [-0.2, -0.15) is 0 Å². The Labute approximate surface area is 336 Å². The number of benzene rings is 3. The van der Waals surface area contributed by atoms with Crippen molar-refractivity contribution in [2.24, 2.45) is 5.92 Å². The second-order valence-corrected chi connectivity index (χ2v) is 15.1. The summed E-state index contributed by atoms with van der Waals surface area (Å²) < 4.78 is 4.06. The summed E-state index contributed by atoms with van der Waals surface area (Å²) in [4.78, 5) is 52.2. The Bertz CT molecular complexity index is 2210. The van der Waals surface area contributed by atoms with Crippen LogP contribution in [0.4, 0.5) is 11.4 Å². The molecule has 4 amide bonds. The van der Waals surface area contributed by atoms with E-state index in [-0.39, 0.29) is 23.3 Å². The molecule has 4 N–H and O–H groups in total. The molecule has 0 radical (unpaired) electrons. The van der Waals surface area contributed by atoms with Crippen molar-refractivity contribution in [2.45, 2.75) is 66.5 Å². The fourth-order valence-corrected chi connectivity index (χ4v) is 6.47. The van der Waals surface area contributed by atoms with Gasteiger partial charge in [0.2, 0.25) is 5.91 Å². The minimum absolute atomic E-state index is 0.241. The molecule has 0 aliphatic heterocycles. The lowest BCUT2D eigenvalue weighted by molar-refractivity contribution is -0.688. The van der Waals surface area contributed by atoms with Crippen LogP contribution in [-0.4, -0.2) is 36.7 Å². The Balaban J connectivity index is 1.30. The van der Waals surface area contributed by atoms with Crippen molar-refractivity contribution >= 4 is 35.0 Å². The molecule has 0 saturated carbocycles. The number of hydrogen-bond donors (Lipinski definition) is 4. The van der Waals surface area contributed by atoms with Gasteiger partial charge in [0.15, 0.2) is 37.9 Å². The van der Waals surface area contributed by atoms with E-state index in [1.54, 1.807) is 49.4 Å². The van der Waals surface area contributed by atoms with Gasteiger partial charge in [-0.25, -0.2) is 9.13 Å². The van der Waals surface area contributed by atoms with E-state index in [0.717, 1.165) is 6.42 Å². The van der Waals surface area contributed by atoms with Gasteiger partial charge in [-0.15, -0.1) is 0 Å². The van der Waals surface area contributed by atoms with Crippen LogP contribution in [0.3, 0.4) is 0 Å². The fourth-order valence-electron chi connectivity index (χ4n) is 6.47. The van der Waals surface area contributed by atoms with Crippen LogP contribution in [0.2, 0.25) is 0 Å². The van der Waals surface area contributed by atoms with E-state index in [1.807, 2.05) is 52.1 Å². The maximum Gasteiger partial charge on any atom is 0.256 e. The van der Waals surface area contributed by atoms with Crippen LogP contribution >= 0.6 is 0 Å². The van der Waals surface area contributed by atoms with Gasteiger partial charge >= 0.3 is 0 Å². The first-order valence-electron chi connectivity index (χ1n) is 19.5. The molecule has 3 aromatic carbocycles. The van der Waals surface area contributed by atoms with Gasteiger partial charge in [0.1, 0.15) is 0 Å². The number of carbonyl (C=O) groups is 4. The van der Waals surface area contributed by atoms with Gasteiger partial charge in [0.25, 0.3) is 17.7 Å². The molecule has 0 unspecified atom stereocenters. The summed E-state index contributed by atoms with van der Waals surface area (Å²) in [5.41, 5.74) is 7.24. The van der Waals surface area contributed by atoms with E-state index < -0.39 is 5.91 Å². The van der Waals surface area contributed by atoms with Crippen molar-refractivity contribution in [3.63, 3.8) is 0 Å². The van der Waals surface area contributed by atoms with Gasteiger partial charge in [-0.1, -0.05) is 82.8 Å². The van der Waals surface area contributed by atoms with Crippen LogP contribution in [0, 0.1) is 5.92 Å². The maximum absolute atomic E-state index is 13.5. The summed E-state index contributed by atoms with van der Waals surface area (Å²) in [6.07, 6.45) is 8.98. The standard InChI is InChI=1S/C47H52N6O4/c1-32(2)26-37-12-7-8-13-38(37)30-52-22-16-35(17-23-52)46(56)50-41-27-40(45(55)49-21-11-20-48-44(54)34(5)6)28-42(29-41)51-47(57)36-18-24-53(25-19-36)31-39-14-9-10-15-43(39)33(3)4/h7-10,12-19,22-25,27-29,32-33H,5,11,20-21,26,30-31H2,1-4,6H3,(H2-2,48,49,50,51,54,55,56,57)/p+2. The number of pyridine rings is 2. The normalized spacial score (nSPS) is 10.9. The summed E-state index contributed by atoms with van der Waals surface area (Å²) in [6, 6.07) is 28.5. The molecule has 10 heteroatoms. The molecule has 0 fully saturated rings. The minimum Gasteiger partial charge on any atom is -0.352 e. The Hall–Kier alpha value is -6.42. The number of amides is 4. The molecule has 2 heterocycles. The second-order valence-electron chi connectivity index (χ2n) is 15.1. The molecular formula is C47H54N6O4+2. The summed E-state index contributed by atoms with van der Waals surface area (Å²) in [5, 5.41) is 11.4. The molecule has 0 spiro atoms. The zero-order valence-electron chi connectivity index (χ0n) is 33.6. The van der Waals surface area contributed by atoms with Crippen molar-refractivity contribution in [3.05, 3.63) is 167 Å². The fraction of sp³-hybridized carbons (Fsp3) is 0.277. The van der Waals surface area contributed by atoms with Crippen molar-refractivity contribution in [2.75, 3.05) is 23.7 Å². The van der Waals surface area contributed by atoms with Gasteiger partial charge in [-0.05, 0) is 60.9 Å². The average Bonchev–Trinajstić information content (AvgIpc) is 3.18. The monoisotopic (exact) mass is 766 g/mol. The van der Waals surface area contributed by atoms with Crippen molar-refractivity contribution < 1.29 is 28.3 Å². The predicted octanol–water partition coefficient (Wildman–Crippen LogP) is 7.00. The molecule has 0 aliphatic carbocycles. The Morgan fingerprint density at radius 3 is 1.61 bits per heavy atom. The molecule has 5 aromatic rings. The van der Waals surface area contributed by atoms with Gasteiger partial charge < -0.3 is 21.3 Å². The van der Waals surface area contributed by atoms with Crippen LogP contribution in [0.25, 0.3) is 0 Å². The number of rotatable bonds is 17. The summed E-state index contributed by atoms with van der Waals surface area (Å²) in [5.74, 6) is -0.437. The largest absolute Gasteiger partial charge is 0.352 e. The highest BCUT2D eigenvalue weighted by atomic mass is 16.2. The third kappa shape index (κ3) is 12.3. The summed E-state index contributed by atoms with van der Waals surface area (Å²) >= 11 is 0. The number of nitrogens with one attached hydrogen (secondary N) is 4. The summed E-state index contributed by atoms with van der Waals surface area (Å²) in [6.45, 7) is 16.0. The van der Waals surface area contributed by atoms with E-state index in [2.05, 4.69) is 85.9 Å². The van der Waals surface area contributed by atoms with Gasteiger partial charge in [0, 0.05) is 71.0 Å². The van der Waals surface area contributed by atoms with Crippen LogP contribution < -0.4 is 30.4 Å². The molecule has 0 saturated heterocycles. The van der Waals surface area contributed by atoms with Crippen molar-refractivity contribution in [3.8, 4) is 0 Å². The SMILES string of the molecule is C=C(C)C(=O)NCCCNC(=O)c1cc(NC(=O)c2cc[n+](Cc3ccccc3CC(C)C)cc2)cc(NC(=O)c2cc[n+](Cc3ccccc3C(C)C)cc2)c1. The van der Waals surface area contributed by atoms with E-state index >= 15 is 0 Å². The van der Waals surface area contributed by atoms with Crippen molar-refractivity contribution in [1.29, 1.82) is 0 Å². The van der Waals surface area contributed by atoms with E-state index in [4.69, 9.17) is 0 Å². The molecular weight excluding hydrogens is 713 g/mol. The third-order valence-electron chi connectivity index (χ3n) is 9.46. The van der Waals surface area contributed by atoms with E-state index in [0.29, 0.717) is 72.5 Å². The Morgan fingerprint density at radius 1 is 0.596 bits per heavy atom. The zero-order valence-corrected chi connectivity index (χ0v) is 33.6. The molecule has 0 bridgehead atoms. The predicted molar refractivity (Wildman–Crippen MR) is 224 cm³/mol. The lowest BCUT2D eigenvalue weighted by Crippen LogP contribution is -2.34. The van der Waals surface area contributed by atoms with Crippen molar-refractivity contribution in [1.82, 2.24) is 10.6 Å². The second kappa shape index (κ2) is 20.0. The summed E-state index contributed by atoms with van der Waals surface area (Å²) in [7, 11) is 0. The zero-order chi connectivity index (χ0) is 40.9. The first kappa shape index (κ1) is 41.7. The first-order valence-corrected chi connectivity index (χ1v) is 19.5. The molecule has 57 heavy (non-hydrogen) atoms. The molecule has 10 nitrogen and oxygen atoms in total. The lowest BCUT2D eigenvalue weighted by Gasteiger charge is -2.13. The van der Waals surface area contributed by atoms with Crippen LogP contribution in [0.1, 0.15) is 100 Å². The first-order chi connectivity index (χ1) is 27.4. The smallest absolute Gasteiger partial charge is 0.256 e. The maximum atomic E-state index is 13.5. The van der Waals surface area contributed by atoms with Crippen LogP contribution in [0.15, 0.2) is 128 Å². The van der Waals surface area contributed by atoms with Gasteiger partial charge in [0.05, 0.1) is 11.1 Å². The minimum atomic E-state index is -0.395. The Morgan fingerprint density at radius 2 is 1.09 bits per heavy atom.